The Balaban J connectivity index is 1.57. The smallest absolute Gasteiger partial charge is 0.315 e. The summed E-state index contributed by atoms with van der Waals surface area (Å²) >= 11 is 0. The number of amides is 7. The monoisotopic (exact) mass is 714 g/mol. The number of fused-ring (bicyclic) bond motifs is 1. The lowest BCUT2D eigenvalue weighted by molar-refractivity contribution is -0.153. The topological polar surface area (TPSA) is 188 Å². The molecule has 4 rings (SSSR count). The Labute approximate surface area is 303 Å². The van der Waals surface area contributed by atoms with Crippen molar-refractivity contribution >= 4 is 41.4 Å². The summed E-state index contributed by atoms with van der Waals surface area (Å²) in [5.74, 6) is -3.36. The van der Waals surface area contributed by atoms with Gasteiger partial charge < -0.3 is 26.6 Å². The number of nitrogens with two attached hydrogens (primary N) is 1. The van der Waals surface area contributed by atoms with Gasteiger partial charge in [-0.15, -0.1) is 0 Å². The van der Waals surface area contributed by atoms with E-state index in [1.807, 2.05) is 55.4 Å². The fourth-order valence-corrected chi connectivity index (χ4v) is 8.39. The van der Waals surface area contributed by atoms with Crippen molar-refractivity contribution in [2.24, 2.45) is 45.1 Å². The van der Waals surface area contributed by atoms with Crippen molar-refractivity contribution in [2.75, 3.05) is 13.1 Å². The highest BCUT2D eigenvalue weighted by atomic mass is 16.2. The first-order valence-electron chi connectivity index (χ1n) is 18.7. The van der Waals surface area contributed by atoms with Crippen LogP contribution in [0.3, 0.4) is 0 Å². The molecule has 13 heteroatoms. The van der Waals surface area contributed by atoms with Crippen LogP contribution in [0.4, 0.5) is 4.79 Å². The van der Waals surface area contributed by atoms with E-state index in [1.54, 1.807) is 4.90 Å². The van der Waals surface area contributed by atoms with Gasteiger partial charge in [-0.25, -0.2) is 4.79 Å². The van der Waals surface area contributed by atoms with Crippen LogP contribution in [0, 0.1) is 39.4 Å². The molecular formula is C38H62N6O7. The molecule has 2 saturated heterocycles. The van der Waals surface area contributed by atoms with E-state index >= 15 is 0 Å². The quantitative estimate of drug-likeness (QED) is 0.187. The van der Waals surface area contributed by atoms with Crippen LogP contribution in [0.5, 0.6) is 0 Å². The molecule has 286 valence electrons. The molecule has 13 nitrogen and oxygen atoms in total. The second-order valence-corrected chi connectivity index (χ2v) is 19.3. The molecule has 6 atom stereocenters. The number of urea groups is 1. The molecule has 2 heterocycles. The first kappa shape index (κ1) is 40.3. The first-order chi connectivity index (χ1) is 23.3. The molecule has 0 aromatic rings. The zero-order valence-corrected chi connectivity index (χ0v) is 32.4. The lowest BCUT2D eigenvalue weighted by atomic mass is 9.79. The number of likely N-dealkylation sites (tertiary alicyclic amines) is 2. The van der Waals surface area contributed by atoms with Crippen molar-refractivity contribution in [3.05, 3.63) is 0 Å². The van der Waals surface area contributed by atoms with E-state index < -0.39 is 69.9 Å². The fraction of sp³-hybridized carbons (Fsp3) is 0.816. The molecule has 0 bridgehead atoms. The summed E-state index contributed by atoms with van der Waals surface area (Å²) in [6, 6.07) is -4.26. The van der Waals surface area contributed by atoms with Gasteiger partial charge in [-0.05, 0) is 58.7 Å². The van der Waals surface area contributed by atoms with E-state index in [1.165, 1.54) is 4.90 Å². The molecule has 2 aliphatic carbocycles. The van der Waals surface area contributed by atoms with Crippen LogP contribution >= 0.6 is 0 Å². The fourth-order valence-electron chi connectivity index (χ4n) is 8.39. The molecule has 1 unspecified atom stereocenters. The number of carbonyl (C=O) groups is 7. The van der Waals surface area contributed by atoms with E-state index in [2.05, 4.69) is 29.8 Å². The number of nitrogens with one attached hydrogen (secondary N) is 3. The van der Waals surface area contributed by atoms with Crippen LogP contribution < -0.4 is 21.7 Å². The van der Waals surface area contributed by atoms with Gasteiger partial charge in [-0.3, -0.25) is 33.7 Å². The van der Waals surface area contributed by atoms with E-state index in [0.29, 0.717) is 19.4 Å². The van der Waals surface area contributed by atoms with Crippen LogP contribution in [-0.4, -0.2) is 88.4 Å². The van der Waals surface area contributed by atoms with Crippen LogP contribution in [0.1, 0.15) is 121 Å². The summed E-state index contributed by atoms with van der Waals surface area (Å²) in [6.07, 6.45) is 5.20. The number of carbonyl (C=O) groups excluding carboxylic acids is 7. The Morgan fingerprint density at radius 2 is 1.45 bits per heavy atom. The molecule has 0 aromatic carbocycles. The number of piperidine rings is 1. The van der Waals surface area contributed by atoms with Gasteiger partial charge in [0.15, 0.2) is 0 Å². The SMILES string of the molecule is CC1(C)CC(=O)N(C[C@@H](NC(=O)N[C@H](C(=O)N2C[C@H]3[C@H](CCC3(C)C)[C@H]2C(=O)NC(CC2CCC2)C(=O)C(N)=O)C(C)(C)C)C(C)(C)C)C(=O)C1. The number of Topliss-reactive ketones (excluding diaryl/α,β-unsaturated/α-hetero) is 1. The van der Waals surface area contributed by atoms with Crippen molar-refractivity contribution in [3.63, 3.8) is 0 Å². The molecule has 0 aromatic heterocycles. The average Bonchev–Trinajstić information content (AvgIpc) is 3.48. The molecule has 0 spiro atoms. The van der Waals surface area contributed by atoms with Crippen molar-refractivity contribution in [1.29, 1.82) is 0 Å². The van der Waals surface area contributed by atoms with Gasteiger partial charge in [0, 0.05) is 25.9 Å². The third-order valence-corrected chi connectivity index (χ3v) is 12.0. The van der Waals surface area contributed by atoms with Crippen molar-refractivity contribution in [2.45, 2.75) is 145 Å². The third-order valence-electron chi connectivity index (χ3n) is 12.0. The lowest BCUT2D eigenvalue weighted by Crippen LogP contribution is -2.63. The minimum Gasteiger partial charge on any atom is -0.363 e. The third kappa shape index (κ3) is 9.11. The molecule has 2 saturated carbocycles. The lowest BCUT2D eigenvalue weighted by Gasteiger charge is -2.40. The number of ketones is 1. The number of imide groups is 1. The zero-order valence-electron chi connectivity index (χ0n) is 32.4. The van der Waals surface area contributed by atoms with Crippen molar-refractivity contribution in [3.8, 4) is 0 Å². The first-order valence-corrected chi connectivity index (χ1v) is 18.7. The Morgan fingerprint density at radius 1 is 0.863 bits per heavy atom. The standard InChI is InChI=1S/C38H62N6O7/c1-35(2,3)25(20-43-26(45)17-37(7,8)18-27(43)46)41-34(51)42-30(36(4,5)6)33(50)44-19-23-22(14-15-38(23,9)10)28(44)32(49)40-24(29(47)31(39)48)16-21-12-11-13-21/h21-25,28,30H,11-20H2,1-10H3,(H2,39,48)(H,40,49)(H2,41,42,51)/t22-,23-,24?,25+,28-,30+/m0/s1. The van der Waals surface area contributed by atoms with Gasteiger partial charge in [0.05, 0.1) is 12.1 Å². The summed E-state index contributed by atoms with van der Waals surface area (Å²) in [5.41, 5.74) is 3.48. The van der Waals surface area contributed by atoms with Crippen molar-refractivity contribution in [1.82, 2.24) is 25.8 Å². The highest BCUT2D eigenvalue weighted by Crippen LogP contribution is 2.53. The molecular weight excluding hydrogens is 652 g/mol. The summed E-state index contributed by atoms with van der Waals surface area (Å²) in [6.45, 7) is 19.6. The van der Waals surface area contributed by atoms with Crippen LogP contribution in [-0.2, 0) is 28.8 Å². The second kappa shape index (κ2) is 14.5. The number of hydrogen-bond acceptors (Lipinski definition) is 7. The highest BCUT2D eigenvalue weighted by Gasteiger charge is 2.57. The number of rotatable bonds is 11. The average molecular weight is 715 g/mol. The molecule has 0 radical (unpaired) electrons. The van der Waals surface area contributed by atoms with E-state index in [0.717, 1.165) is 25.7 Å². The second-order valence-electron chi connectivity index (χ2n) is 19.3. The number of hydrogen-bond donors (Lipinski definition) is 4. The van der Waals surface area contributed by atoms with Gasteiger partial charge in [0.1, 0.15) is 12.1 Å². The van der Waals surface area contributed by atoms with Crippen LogP contribution in [0.2, 0.25) is 0 Å². The molecule has 5 N–H and O–H groups in total. The van der Waals surface area contributed by atoms with Gasteiger partial charge in [-0.2, -0.15) is 0 Å². The normalized spacial score (nSPS) is 26.4. The largest absolute Gasteiger partial charge is 0.363 e. The van der Waals surface area contributed by atoms with Gasteiger partial charge >= 0.3 is 6.03 Å². The van der Waals surface area contributed by atoms with E-state index in [4.69, 9.17) is 5.73 Å². The molecule has 7 amide bonds. The maximum atomic E-state index is 14.7. The van der Waals surface area contributed by atoms with E-state index in [9.17, 15) is 33.6 Å². The van der Waals surface area contributed by atoms with Crippen LogP contribution in [0.15, 0.2) is 0 Å². The van der Waals surface area contributed by atoms with Gasteiger partial charge in [-0.1, -0.05) is 88.5 Å². The number of primary amides is 1. The summed E-state index contributed by atoms with van der Waals surface area (Å²) in [7, 11) is 0. The molecule has 2 aliphatic heterocycles. The minimum absolute atomic E-state index is 0.00232. The number of nitrogens with zero attached hydrogens (tertiary/aromatic N) is 2. The van der Waals surface area contributed by atoms with Gasteiger partial charge in [0.2, 0.25) is 29.4 Å². The summed E-state index contributed by atoms with van der Waals surface area (Å²) in [4.78, 5) is 96.2. The highest BCUT2D eigenvalue weighted by molar-refractivity contribution is 6.37. The molecule has 51 heavy (non-hydrogen) atoms. The predicted octanol–water partition coefficient (Wildman–Crippen LogP) is 3.28. The zero-order chi connectivity index (χ0) is 38.4. The van der Waals surface area contributed by atoms with E-state index in [-0.39, 0.29) is 54.4 Å². The maximum absolute atomic E-state index is 14.7. The summed E-state index contributed by atoms with van der Waals surface area (Å²) in [5, 5.41) is 8.68. The Morgan fingerprint density at radius 3 is 1.94 bits per heavy atom. The summed E-state index contributed by atoms with van der Waals surface area (Å²) < 4.78 is 0. The van der Waals surface area contributed by atoms with Crippen molar-refractivity contribution < 1.29 is 33.6 Å². The maximum Gasteiger partial charge on any atom is 0.315 e. The molecule has 4 fully saturated rings. The Bertz CT molecular complexity index is 1400. The van der Waals surface area contributed by atoms with Gasteiger partial charge in [0.25, 0.3) is 5.91 Å². The Hall–Kier alpha value is -3.51. The Kier molecular flexibility index (Phi) is 11.4. The predicted molar refractivity (Wildman–Crippen MR) is 191 cm³/mol. The molecule has 4 aliphatic rings. The minimum atomic E-state index is -1.10. The van der Waals surface area contributed by atoms with Crippen LogP contribution in [0.25, 0.3) is 0 Å².